The van der Waals surface area contributed by atoms with E-state index in [0.29, 0.717) is 5.92 Å². The Morgan fingerprint density at radius 3 is 2.40 bits per heavy atom. The number of anilines is 1. The summed E-state index contributed by atoms with van der Waals surface area (Å²) in [5, 5.41) is 11.8. The molecule has 1 amide bonds. The summed E-state index contributed by atoms with van der Waals surface area (Å²) in [6.07, 6.45) is -0.981. The Balaban J connectivity index is 2.89. The van der Waals surface area contributed by atoms with Gasteiger partial charge in [0.05, 0.1) is 0 Å². The maximum atomic E-state index is 11.3. The van der Waals surface area contributed by atoms with Crippen molar-refractivity contribution in [2.45, 2.75) is 32.8 Å². The maximum absolute atomic E-state index is 11.3. The van der Waals surface area contributed by atoms with Crippen molar-refractivity contribution in [3.63, 3.8) is 0 Å². The average Bonchev–Trinajstić information content (AvgIpc) is 2.18. The molecule has 2 N–H and O–H groups in total. The normalized spacial score (nSPS) is 12.6. The van der Waals surface area contributed by atoms with Gasteiger partial charge in [-0.1, -0.05) is 32.0 Å². The third-order valence-corrected chi connectivity index (χ3v) is 2.22. The summed E-state index contributed by atoms with van der Waals surface area (Å²) >= 11 is 0. The minimum absolute atomic E-state index is 0.343. The van der Waals surface area contributed by atoms with Crippen LogP contribution in [0.25, 0.3) is 0 Å². The molecule has 3 heteroatoms. The first kappa shape index (κ1) is 11.7. The van der Waals surface area contributed by atoms with Gasteiger partial charge in [0.2, 0.25) is 0 Å². The van der Waals surface area contributed by atoms with Gasteiger partial charge in [-0.3, -0.25) is 4.79 Å². The summed E-state index contributed by atoms with van der Waals surface area (Å²) in [5.74, 6) is -0.0291. The molecule has 1 aromatic rings. The molecule has 82 valence electrons. The van der Waals surface area contributed by atoms with Gasteiger partial charge in [0.25, 0.3) is 5.91 Å². The number of amides is 1. The van der Waals surface area contributed by atoms with Crippen molar-refractivity contribution in [1.29, 1.82) is 0 Å². The first-order valence-electron chi connectivity index (χ1n) is 5.10. The number of nitrogens with one attached hydrogen (secondary N) is 1. The first-order valence-corrected chi connectivity index (χ1v) is 5.10. The number of rotatable bonds is 3. The lowest BCUT2D eigenvalue weighted by molar-refractivity contribution is -0.123. The summed E-state index contributed by atoms with van der Waals surface area (Å²) < 4.78 is 0. The van der Waals surface area contributed by atoms with Crippen molar-refractivity contribution in [2.24, 2.45) is 0 Å². The molecule has 0 aliphatic heterocycles. The van der Waals surface area contributed by atoms with E-state index in [1.165, 1.54) is 6.92 Å². The fraction of sp³-hybridized carbons (Fsp3) is 0.417. The lowest BCUT2D eigenvalue weighted by Gasteiger charge is -2.14. The Morgan fingerprint density at radius 2 is 1.87 bits per heavy atom. The molecule has 0 aliphatic carbocycles. The van der Waals surface area contributed by atoms with Crippen molar-refractivity contribution < 1.29 is 9.90 Å². The largest absolute Gasteiger partial charge is 0.384 e. The average molecular weight is 207 g/mol. The van der Waals surface area contributed by atoms with Crippen molar-refractivity contribution in [3.05, 3.63) is 29.8 Å². The quantitative estimate of drug-likeness (QED) is 0.797. The molecule has 1 atom stereocenters. The highest BCUT2D eigenvalue weighted by Gasteiger charge is 2.12. The highest BCUT2D eigenvalue weighted by atomic mass is 16.3. The number of carbonyl (C=O) groups is 1. The molecule has 0 heterocycles. The molecule has 0 spiro atoms. The van der Waals surface area contributed by atoms with Gasteiger partial charge in [-0.05, 0) is 24.5 Å². The Bertz CT molecular complexity index is 345. The van der Waals surface area contributed by atoms with Gasteiger partial charge in [0.1, 0.15) is 6.10 Å². The summed E-state index contributed by atoms with van der Waals surface area (Å²) in [4.78, 5) is 11.3. The van der Waals surface area contributed by atoms with Crippen LogP contribution in [-0.2, 0) is 4.79 Å². The topological polar surface area (TPSA) is 49.3 Å². The van der Waals surface area contributed by atoms with E-state index >= 15 is 0 Å². The Hall–Kier alpha value is -1.35. The third kappa shape index (κ3) is 3.06. The van der Waals surface area contributed by atoms with E-state index < -0.39 is 6.10 Å². The first-order chi connectivity index (χ1) is 7.02. The van der Waals surface area contributed by atoms with E-state index in [-0.39, 0.29) is 5.91 Å². The summed E-state index contributed by atoms with van der Waals surface area (Å²) in [5.41, 5.74) is 1.85. The molecule has 1 aromatic carbocycles. The van der Waals surface area contributed by atoms with E-state index in [1.807, 2.05) is 24.3 Å². The zero-order valence-electron chi connectivity index (χ0n) is 9.32. The summed E-state index contributed by atoms with van der Waals surface area (Å²) in [6.45, 7) is 5.58. The van der Waals surface area contributed by atoms with E-state index in [2.05, 4.69) is 19.2 Å². The highest BCUT2D eigenvalue weighted by Crippen LogP contribution is 2.23. The SMILES string of the molecule is CC(O)C(=O)Nc1ccccc1C(C)C. The Labute approximate surface area is 90.1 Å². The minimum atomic E-state index is -0.981. The zero-order chi connectivity index (χ0) is 11.4. The molecule has 0 aliphatic rings. The molecule has 0 saturated heterocycles. The zero-order valence-corrected chi connectivity index (χ0v) is 9.32. The molecule has 1 rings (SSSR count). The van der Waals surface area contributed by atoms with Crippen LogP contribution in [0, 0.1) is 0 Å². The van der Waals surface area contributed by atoms with Gasteiger partial charge in [-0.2, -0.15) is 0 Å². The molecule has 0 fully saturated rings. The van der Waals surface area contributed by atoms with Gasteiger partial charge >= 0.3 is 0 Å². The molecule has 0 aromatic heterocycles. The lowest BCUT2D eigenvalue weighted by atomic mass is 10.0. The fourth-order valence-electron chi connectivity index (χ4n) is 1.35. The molecule has 15 heavy (non-hydrogen) atoms. The number of carbonyl (C=O) groups excluding carboxylic acids is 1. The van der Waals surface area contributed by atoms with E-state index in [0.717, 1.165) is 11.3 Å². The van der Waals surface area contributed by atoms with E-state index in [4.69, 9.17) is 5.11 Å². The third-order valence-electron chi connectivity index (χ3n) is 2.22. The Kier molecular flexibility index (Phi) is 3.86. The lowest BCUT2D eigenvalue weighted by Crippen LogP contribution is -2.25. The van der Waals surface area contributed by atoms with Gasteiger partial charge in [0, 0.05) is 5.69 Å². The number of hydrogen-bond acceptors (Lipinski definition) is 2. The number of hydrogen-bond donors (Lipinski definition) is 2. The minimum Gasteiger partial charge on any atom is -0.384 e. The fourth-order valence-corrected chi connectivity index (χ4v) is 1.35. The number of para-hydroxylation sites is 1. The highest BCUT2D eigenvalue weighted by molar-refractivity contribution is 5.94. The number of aliphatic hydroxyl groups excluding tert-OH is 1. The molecule has 0 radical (unpaired) electrons. The number of aliphatic hydroxyl groups is 1. The van der Waals surface area contributed by atoms with Gasteiger partial charge in [0.15, 0.2) is 0 Å². The van der Waals surface area contributed by atoms with Gasteiger partial charge in [-0.15, -0.1) is 0 Å². The van der Waals surface area contributed by atoms with Crippen molar-refractivity contribution in [2.75, 3.05) is 5.32 Å². The second kappa shape index (κ2) is 4.94. The molecule has 0 bridgehead atoms. The van der Waals surface area contributed by atoms with E-state index in [1.54, 1.807) is 0 Å². The second-order valence-corrected chi connectivity index (χ2v) is 3.91. The molecular weight excluding hydrogens is 190 g/mol. The van der Waals surface area contributed by atoms with Crippen LogP contribution < -0.4 is 5.32 Å². The monoisotopic (exact) mass is 207 g/mol. The van der Waals surface area contributed by atoms with Crippen molar-refractivity contribution >= 4 is 11.6 Å². The van der Waals surface area contributed by atoms with Gasteiger partial charge in [-0.25, -0.2) is 0 Å². The molecule has 0 saturated carbocycles. The molecule has 3 nitrogen and oxygen atoms in total. The van der Waals surface area contributed by atoms with E-state index in [9.17, 15) is 4.79 Å². The molecule has 1 unspecified atom stereocenters. The van der Waals surface area contributed by atoms with Crippen LogP contribution in [-0.4, -0.2) is 17.1 Å². The van der Waals surface area contributed by atoms with Crippen LogP contribution in [0.3, 0.4) is 0 Å². The van der Waals surface area contributed by atoms with Crippen molar-refractivity contribution in [1.82, 2.24) is 0 Å². The summed E-state index contributed by atoms with van der Waals surface area (Å²) in [7, 11) is 0. The van der Waals surface area contributed by atoms with Crippen LogP contribution in [0.5, 0.6) is 0 Å². The van der Waals surface area contributed by atoms with Crippen LogP contribution in [0.2, 0.25) is 0 Å². The number of benzene rings is 1. The van der Waals surface area contributed by atoms with Crippen LogP contribution in [0.1, 0.15) is 32.3 Å². The second-order valence-electron chi connectivity index (χ2n) is 3.91. The standard InChI is InChI=1S/C12H17NO2/c1-8(2)10-6-4-5-7-11(10)13-12(15)9(3)14/h4-9,14H,1-3H3,(H,13,15). The van der Waals surface area contributed by atoms with Crippen LogP contribution in [0.15, 0.2) is 24.3 Å². The smallest absolute Gasteiger partial charge is 0.252 e. The van der Waals surface area contributed by atoms with Crippen LogP contribution >= 0.6 is 0 Å². The maximum Gasteiger partial charge on any atom is 0.252 e. The van der Waals surface area contributed by atoms with Gasteiger partial charge < -0.3 is 10.4 Å². The molecular formula is C12H17NO2. The predicted molar refractivity (Wildman–Crippen MR) is 60.8 cm³/mol. The van der Waals surface area contributed by atoms with Crippen LogP contribution in [0.4, 0.5) is 5.69 Å². The van der Waals surface area contributed by atoms with Crippen molar-refractivity contribution in [3.8, 4) is 0 Å². The summed E-state index contributed by atoms with van der Waals surface area (Å²) in [6, 6.07) is 7.62. The Morgan fingerprint density at radius 1 is 1.27 bits per heavy atom. The predicted octanol–water partition coefficient (Wildman–Crippen LogP) is 2.13.